The third kappa shape index (κ3) is 9.15. The molecular weight excluding hydrogens is 759 g/mol. The van der Waals surface area contributed by atoms with Gasteiger partial charge >= 0.3 is 6.09 Å². The Balaban J connectivity index is 0.998. The third-order valence-corrected chi connectivity index (χ3v) is 11.2. The van der Waals surface area contributed by atoms with Gasteiger partial charge in [0.15, 0.2) is 23.1 Å². The number of nitrogens with one attached hydrogen (secondary N) is 3. The highest BCUT2D eigenvalue weighted by Gasteiger charge is 2.27. The number of carbonyl (C=O) groups excluding carboxylic acids is 1. The summed E-state index contributed by atoms with van der Waals surface area (Å²) >= 11 is 0. The van der Waals surface area contributed by atoms with E-state index in [0.717, 1.165) is 45.5 Å². The summed E-state index contributed by atoms with van der Waals surface area (Å²) in [7, 11) is -4.15. The Morgan fingerprint density at radius 2 is 1.72 bits per heavy atom. The Kier molecular flexibility index (Phi) is 11.4. The summed E-state index contributed by atoms with van der Waals surface area (Å²) in [6, 6.07) is 17.5. The molecule has 0 spiro atoms. The molecule has 4 N–H and O–H groups in total. The predicted molar refractivity (Wildman–Crippen MR) is 206 cm³/mol. The minimum Gasteiger partial charge on any atom is -0.493 e. The SMILES string of the molecule is Cc1ccc(S(=O)(=O)n2cc(-c3ncc(F)c(N[C@@H]4CCCC(NC(=O)c5cc(CCOc6ccc(CNC(=O)O)cc6)ccn5)C4)n3)c3cc(F)cnc32)cc1. The van der Waals surface area contributed by atoms with Gasteiger partial charge in [-0.2, -0.15) is 0 Å². The van der Waals surface area contributed by atoms with Gasteiger partial charge < -0.3 is 25.8 Å². The standard InChI is InChI=1S/C40H38F2N8O6S/c1-24-5-11-31(12-6-24)57(54,55)50-23-33(32-18-27(41)21-45-38(32)50)36-44-22-34(42)37(49-36)47-28-3-2-4-29(19-28)48-39(51)35-17-25(13-15-43-35)14-16-56-30-9-7-26(8-10-30)20-46-40(52)53/h5-13,15,17-18,21-23,28-29,46H,2-4,14,16,19-20H2,1H3,(H,48,51)(H,52,53)(H,44,47,49)/t28-,29?/m1/s1. The lowest BCUT2D eigenvalue weighted by atomic mass is 9.91. The van der Waals surface area contributed by atoms with Crippen LogP contribution in [0.4, 0.5) is 19.4 Å². The number of anilines is 1. The van der Waals surface area contributed by atoms with E-state index < -0.39 is 27.8 Å². The van der Waals surface area contributed by atoms with E-state index in [9.17, 15) is 22.4 Å². The van der Waals surface area contributed by atoms with E-state index in [1.807, 2.05) is 6.92 Å². The number of hydrogen-bond acceptors (Lipinski definition) is 10. The minimum absolute atomic E-state index is 0.00665. The molecule has 1 aliphatic carbocycles. The number of carbonyl (C=O) groups is 2. The van der Waals surface area contributed by atoms with Crippen molar-refractivity contribution in [2.45, 2.75) is 62.6 Å². The molecule has 6 aromatic rings. The van der Waals surface area contributed by atoms with Crippen LogP contribution in [-0.2, 0) is 23.0 Å². The maximum Gasteiger partial charge on any atom is 0.404 e. The number of aryl methyl sites for hydroxylation is 1. The number of rotatable bonds is 13. The Hall–Kier alpha value is -6.49. The molecule has 4 aromatic heterocycles. The van der Waals surface area contributed by atoms with Crippen LogP contribution in [0.5, 0.6) is 5.75 Å². The van der Waals surface area contributed by atoms with Crippen molar-refractivity contribution in [3.63, 3.8) is 0 Å². The van der Waals surface area contributed by atoms with Crippen molar-refractivity contribution in [2.75, 3.05) is 11.9 Å². The molecular formula is C40H38F2N8O6S. The van der Waals surface area contributed by atoms with Gasteiger partial charge in [0.05, 0.1) is 23.9 Å². The van der Waals surface area contributed by atoms with E-state index in [2.05, 4.69) is 35.9 Å². The molecule has 17 heteroatoms. The molecule has 57 heavy (non-hydrogen) atoms. The summed E-state index contributed by atoms with van der Waals surface area (Å²) in [5.74, 6) is -1.30. The van der Waals surface area contributed by atoms with Crippen LogP contribution in [0.2, 0.25) is 0 Å². The molecule has 1 saturated carbocycles. The van der Waals surface area contributed by atoms with Gasteiger partial charge in [-0.1, -0.05) is 29.8 Å². The second-order valence-corrected chi connectivity index (χ2v) is 15.5. The maximum absolute atomic E-state index is 15.2. The monoisotopic (exact) mass is 796 g/mol. The lowest BCUT2D eigenvalue weighted by Crippen LogP contribution is -2.42. The Morgan fingerprint density at radius 3 is 2.49 bits per heavy atom. The van der Waals surface area contributed by atoms with Crippen molar-refractivity contribution in [2.24, 2.45) is 0 Å². The lowest BCUT2D eigenvalue weighted by molar-refractivity contribution is 0.0921. The molecule has 1 aliphatic rings. The zero-order chi connectivity index (χ0) is 40.1. The number of nitrogens with zero attached hydrogens (tertiary/aromatic N) is 5. The Labute approximate surface area is 326 Å². The molecule has 294 valence electrons. The summed E-state index contributed by atoms with van der Waals surface area (Å²) in [4.78, 5) is 40.9. The van der Waals surface area contributed by atoms with E-state index >= 15 is 4.39 Å². The van der Waals surface area contributed by atoms with Crippen LogP contribution in [0.1, 0.15) is 52.9 Å². The zero-order valence-corrected chi connectivity index (χ0v) is 31.5. The number of benzene rings is 2. The van der Waals surface area contributed by atoms with Crippen LogP contribution >= 0.6 is 0 Å². The smallest absolute Gasteiger partial charge is 0.404 e. The Bertz CT molecular complexity index is 2530. The third-order valence-electron chi connectivity index (χ3n) is 9.58. The van der Waals surface area contributed by atoms with Crippen LogP contribution in [-0.4, -0.2) is 68.1 Å². The maximum atomic E-state index is 15.2. The van der Waals surface area contributed by atoms with Crippen LogP contribution in [0.15, 0.2) is 96.4 Å². The highest BCUT2D eigenvalue weighted by Crippen LogP contribution is 2.32. The first kappa shape index (κ1) is 38.8. The van der Waals surface area contributed by atoms with E-state index in [4.69, 9.17) is 9.84 Å². The summed E-state index contributed by atoms with van der Waals surface area (Å²) in [5, 5.41) is 17.4. The van der Waals surface area contributed by atoms with Gasteiger partial charge in [-0.3, -0.25) is 9.78 Å². The lowest BCUT2D eigenvalue weighted by Gasteiger charge is -2.30. The van der Waals surface area contributed by atoms with Gasteiger partial charge in [0.25, 0.3) is 15.9 Å². The molecule has 2 amide bonds. The molecule has 0 bridgehead atoms. The molecule has 1 fully saturated rings. The second-order valence-electron chi connectivity index (χ2n) is 13.7. The molecule has 4 heterocycles. The van der Waals surface area contributed by atoms with Crippen molar-refractivity contribution in [3.8, 4) is 17.1 Å². The van der Waals surface area contributed by atoms with Gasteiger partial charge in [0.2, 0.25) is 0 Å². The molecule has 7 rings (SSSR count). The quantitative estimate of drug-likeness (QED) is 0.103. The van der Waals surface area contributed by atoms with E-state index in [1.165, 1.54) is 18.3 Å². The minimum atomic E-state index is -4.15. The molecule has 0 radical (unpaired) electrons. The number of ether oxygens (including phenoxy) is 1. The van der Waals surface area contributed by atoms with Crippen molar-refractivity contribution in [1.82, 2.24) is 34.5 Å². The van der Waals surface area contributed by atoms with Gasteiger partial charge in [0, 0.05) is 48.4 Å². The molecule has 14 nitrogen and oxygen atoms in total. The normalized spacial score (nSPS) is 15.6. The average Bonchev–Trinajstić information content (AvgIpc) is 3.58. The van der Waals surface area contributed by atoms with Crippen LogP contribution in [0, 0.1) is 18.6 Å². The molecule has 2 atom stereocenters. The predicted octanol–water partition coefficient (Wildman–Crippen LogP) is 6.25. The van der Waals surface area contributed by atoms with Gasteiger partial charge in [-0.25, -0.2) is 40.9 Å². The topological polar surface area (TPSA) is 190 Å². The number of hydrogen-bond donors (Lipinski definition) is 4. The van der Waals surface area contributed by atoms with Crippen molar-refractivity contribution in [3.05, 3.63) is 126 Å². The second kappa shape index (κ2) is 16.7. The highest BCUT2D eigenvalue weighted by atomic mass is 32.2. The Morgan fingerprint density at radius 1 is 0.947 bits per heavy atom. The van der Waals surface area contributed by atoms with Crippen molar-refractivity contribution in [1.29, 1.82) is 0 Å². The highest BCUT2D eigenvalue weighted by molar-refractivity contribution is 7.90. The molecule has 1 unspecified atom stereocenters. The summed E-state index contributed by atoms with van der Waals surface area (Å²) in [5.41, 5.74) is 2.88. The first-order chi connectivity index (χ1) is 27.4. The van der Waals surface area contributed by atoms with Crippen LogP contribution in [0.3, 0.4) is 0 Å². The van der Waals surface area contributed by atoms with Crippen LogP contribution < -0.4 is 20.7 Å². The molecule has 2 aromatic carbocycles. The molecule has 0 saturated heterocycles. The van der Waals surface area contributed by atoms with E-state index in [0.29, 0.717) is 38.0 Å². The number of pyridine rings is 2. The summed E-state index contributed by atoms with van der Waals surface area (Å²) in [6.45, 7) is 2.37. The number of aromatic nitrogens is 5. The number of fused-ring (bicyclic) bond motifs is 1. The average molecular weight is 797 g/mol. The number of amides is 2. The first-order valence-corrected chi connectivity index (χ1v) is 19.6. The number of carboxylic acid groups (broad SMARTS) is 1. The van der Waals surface area contributed by atoms with Gasteiger partial charge in [-0.05, 0) is 86.2 Å². The fourth-order valence-electron chi connectivity index (χ4n) is 6.66. The van der Waals surface area contributed by atoms with Gasteiger partial charge in [-0.15, -0.1) is 0 Å². The first-order valence-electron chi connectivity index (χ1n) is 18.2. The fraction of sp³-hybridized carbons (Fsp3) is 0.250. The van der Waals surface area contributed by atoms with Crippen molar-refractivity contribution >= 4 is 38.9 Å². The van der Waals surface area contributed by atoms with Gasteiger partial charge in [0.1, 0.15) is 17.3 Å². The van der Waals surface area contributed by atoms with Crippen molar-refractivity contribution < 1.29 is 36.6 Å². The molecule has 0 aliphatic heterocycles. The largest absolute Gasteiger partial charge is 0.493 e. The van der Waals surface area contributed by atoms with E-state index in [-0.39, 0.29) is 63.4 Å². The number of halogens is 2. The fourth-order valence-corrected chi connectivity index (χ4v) is 7.99. The summed E-state index contributed by atoms with van der Waals surface area (Å²) < 4.78 is 63.8. The van der Waals surface area contributed by atoms with Crippen LogP contribution in [0.25, 0.3) is 22.4 Å². The zero-order valence-electron chi connectivity index (χ0n) is 30.7. The summed E-state index contributed by atoms with van der Waals surface area (Å²) in [6.07, 6.45) is 6.71. The van der Waals surface area contributed by atoms with E-state index in [1.54, 1.807) is 54.7 Å².